The first kappa shape index (κ1) is 28.5. The van der Waals surface area contributed by atoms with Gasteiger partial charge in [-0.25, -0.2) is 0 Å². The van der Waals surface area contributed by atoms with E-state index in [2.05, 4.69) is 108 Å². The highest BCUT2D eigenvalue weighted by Crippen LogP contribution is 2.70. The molecule has 0 aromatic heterocycles. The maximum Gasteiger partial charge on any atom is 0.0283 e. The van der Waals surface area contributed by atoms with Gasteiger partial charge >= 0.3 is 0 Å². The van der Waals surface area contributed by atoms with Crippen LogP contribution < -0.4 is 0 Å². The normalized spacial score (nSPS) is 29.1. The molecule has 0 aliphatic heterocycles. The Morgan fingerprint density at radius 3 is 2.16 bits per heavy atom. The Balaban J connectivity index is 2.03. The standard InChI is InChI=1S/C38H50/c1-22(2)30-18-29(16-17-35(10,11)12)25(6)33-26(7)34-28(9)38(15)27(8)32(23(3)4)24(5)19-37(38,14)21-36(34,13)20-31(30)33/h18,22H,3,7-8,19-21H2,1-2,4-6,9-15H3/t36-,37+,38-/m1/s1. The van der Waals surface area contributed by atoms with Crippen molar-refractivity contribution in [1.29, 1.82) is 0 Å². The summed E-state index contributed by atoms with van der Waals surface area (Å²) in [5, 5.41) is 0. The van der Waals surface area contributed by atoms with Crippen LogP contribution in [0.3, 0.4) is 0 Å². The molecule has 3 atom stereocenters. The Bertz CT molecular complexity index is 1410. The van der Waals surface area contributed by atoms with E-state index in [-0.39, 0.29) is 21.7 Å². The van der Waals surface area contributed by atoms with Gasteiger partial charge in [0.1, 0.15) is 0 Å². The summed E-state index contributed by atoms with van der Waals surface area (Å²) in [6, 6.07) is 2.39. The van der Waals surface area contributed by atoms with Gasteiger partial charge in [-0.15, -0.1) is 0 Å². The first-order chi connectivity index (χ1) is 17.3. The van der Waals surface area contributed by atoms with Crippen LogP contribution in [0.1, 0.15) is 123 Å². The predicted molar refractivity (Wildman–Crippen MR) is 167 cm³/mol. The van der Waals surface area contributed by atoms with Crippen LogP contribution in [0.15, 0.2) is 59.2 Å². The minimum atomic E-state index is -0.130. The maximum atomic E-state index is 4.87. The molecule has 3 aliphatic carbocycles. The summed E-state index contributed by atoms with van der Waals surface area (Å²) in [6.45, 7) is 41.7. The number of fused-ring (bicyclic) bond motifs is 3. The first-order valence-electron chi connectivity index (χ1n) is 14.5. The molecule has 0 heterocycles. The lowest BCUT2D eigenvalue weighted by atomic mass is 9.41. The van der Waals surface area contributed by atoms with Crippen molar-refractivity contribution in [2.24, 2.45) is 21.7 Å². The molecule has 0 spiro atoms. The van der Waals surface area contributed by atoms with Gasteiger partial charge < -0.3 is 0 Å². The van der Waals surface area contributed by atoms with Gasteiger partial charge in [0.15, 0.2) is 0 Å². The molecule has 3 aliphatic rings. The van der Waals surface area contributed by atoms with Crippen molar-refractivity contribution in [2.75, 3.05) is 0 Å². The summed E-state index contributed by atoms with van der Waals surface area (Å²) in [6.07, 6.45) is 3.27. The monoisotopic (exact) mass is 506 g/mol. The minimum Gasteiger partial charge on any atom is -0.0955 e. The lowest BCUT2D eigenvalue weighted by molar-refractivity contribution is 0.0543. The van der Waals surface area contributed by atoms with Crippen LogP contribution >= 0.6 is 0 Å². The number of rotatable bonds is 2. The molecule has 0 N–H and O–H groups in total. The van der Waals surface area contributed by atoms with Gasteiger partial charge in [-0.05, 0) is 135 Å². The van der Waals surface area contributed by atoms with Crippen molar-refractivity contribution in [2.45, 2.75) is 108 Å². The van der Waals surface area contributed by atoms with E-state index in [0.717, 1.165) is 30.4 Å². The largest absolute Gasteiger partial charge is 0.0955 e. The average Bonchev–Trinajstić information content (AvgIpc) is 2.74. The highest BCUT2D eigenvalue weighted by molar-refractivity contribution is 5.88. The zero-order valence-corrected chi connectivity index (χ0v) is 26.4. The van der Waals surface area contributed by atoms with Gasteiger partial charge in [0.2, 0.25) is 0 Å². The lowest BCUT2D eigenvalue weighted by Gasteiger charge is -2.62. The van der Waals surface area contributed by atoms with E-state index in [1.807, 2.05) is 0 Å². The van der Waals surface area contributed by atoms with Gasteiger partial charge in [-0.1, -0.05) is 82.9 Å². The molecule has 1 aromatic rings. The molecular weight excluding hydrogens is 456 g/mol. The SMILES string of the molecule is C=C(C)C1=C(C)C[C@@]2(C)C[C@@]3(C)Cc4c(C(C)C)cc(C#CC(C)(C)C)c(C)c4C(=C)C3=C(C)[C@@]2(C)C1=C. The predicted octanol–water partition coefficient (Wildman–Crippen LogP) is 10.7. The van der Waals surface area contributed by atoms with Crippen molar-refractivity contribution in [3.63, 3.8) is 0 Å². The number of hydrogen-bond donors (Lipinski definition) is 0. The van der Waals surface area contributed by atoms with E-state index >= 15 is 0 Å². The van der Waals surface area contributed by atoms with Gasteiger partial charge in [-0.3, -0.25) is 0 Å². The van der Waals surface area contributed by atoms with Crippen LogP contribution in [0.25, 0.3) is 5.57 Å². The van der Waals surface area contributed by atoms with E-state index < -0.39 is 0 Å². The van der Waals surface area contributed by atoms with Crippen LogP contribution in [0.2, 0.25) is 0 Å². The Hall–Kier alpha value is -2.52. The van der Waals surface area contributed by atoms with Gasteiger partial charge in [0.05, 0.1) is 0 Å². The molecular formula is C38H50. The van der Waals surface area contributed by atoms with Crippen molar-refractivity contribution in [3.05, 3.63) is 87.1 Å². The quantitative estimate of drug-likeness (QED) is 0.350. The molecule has 0 unspecified atom stereocenters. The van der Waals surface area contributed by atoms with E-state index in [1.165, 1.54) is 55.7 Å². The van der Waals surface area contributed by atoms with Gasteiger partial charge in [0, 0.05) is 16.4 Å². The summed E-state index contributed by atoms with van der Waals surface area (Å²) in [7, 11) is 0. The van der Waals surface area contributed by atoms with Crippen LogP contribution in [-0.2, 0) is 6.42 Å². The molecule has 202 valence electrons. The zero-order valence-electron chi connectivity index (χ0n) is 26.4. The molecule has 4 rings (SSSR count). The fraction of sp³-hybridized carbons (Fsp3) is 0.526. The number of benzene rings is 1. The highest BCUT2D eigenvalue weighted by Gasteiger charge is 2.59. The van der Waals surface area contributed by atoms with Crippen molar-refractivity contribution >= 4 is 5.57 Å². The smallest absolute Gasteiger partial charge is 0.0283 e. The second-order valence-corrected chi connectivity index (χ2v) is 14.8. The van der Waals surface area contributed by atoms with E-state index in [1.54, 1.807) is 0 Å². The van der Waals surface area contributed by atoms with E-state index in [9.17, 15) is 0 Å². The fourth-order valence-electron chi connectivity index (χ4n) is 8.53. The van der Waals surface area contributed by atoms with Gasteiger partial charge in [-0.2, -0.15) is 0 Å². The summed E-state index contributed by atoms with van der Waals surface area (Å²) >= 11 is 0. The Morgan fingerprint density at radius 1 is 1.03 bits per heavy atom. The van der Waals surface area contributed by atoms with Crippen molar-refractivity contribution in [1.82, 2.24) is 0 Å². The second-order valence-electron chi connectivity index (χ2n) is 14.8. The highest BCUT2D eigenvalue weighted by atomic mass is 14.6. The molecule has 0 fully saturated rings. The number of hydrogen-bond acceptors (Lipinski definition) is 0. The van der Waals surface area contributed by atoms with Crippen LogP contribution in [-0.4, -0.2) is 0 Å². The molecule has 0 saturated carbocycles. The third-order valence-electron chi connectivity index (χ3n) is 10.2. The topological polar surface area (TPSA) is 0 Å². The molecule has 0 heteroatoms. The molecule has 0 saturated heterocycles. The Morgan fingerprint density at radius 2 is 1.63 bits per heavy atom. The summed E-state index contributed by atoms with van der Waals surface area (Å²) < 4.78 is 0. The summed E-state index contributed by atoms with van der Waals surface area (Å²) in [5.41, 5.74) is 15.9. The minimum absolute atomic E-state index is 0.0363. The third-order valence-corrected chi connectivity index (χ3v) is 10.2. The fourth-order valence-corrected chi connectivity index (χ4v) is 8.53. The number of allylic oxidation sites excluding steroid dienone is 7. The van der Waals surface area contributed by atoms with E-state index in [4.69, 9.17) is 13.2 Å². The average molecular weight is 507 g/mol. The molecule has 0 bridgehead atoms. The van der Waals surface area contributed by atoms with Crippen molar-refractivity contribution in [3.8, 4) is 11.8 Å². The maximum absolute atomic E-state index is 4.87. The Labute approximate surface area is 234 Å². The van der Waals surface area contributed by atoms with Crippen molar-refractivity contribution < 1.29 is 0 Å². The molecule has 1 aromatic carbocycles. The van der Waals surface area contributed by atoms with Gasteiger partial charge in [0.25, 0.3) is 0 Å². The molecule has 0 amide bonds. The first-order valence-corrected chi connectivity index (χ1v) is 14.5. The van der Waals surface area contributed by atoms with Crippen LogP contribution in [0, 0.1) is 40.4 Å². The summed E-state index contributed by atoms with van der Waals surface area (Å²) in [4.78, 5) is 0. The second kappa shape index (κ2) is 8.74. The van der Waals surface area contributed by atoms with Crippen LogP contribution in [0.4, 0.5) is 0 Å². The molecule has 0 nitrogen and oxygen atoms in total. The van der Waals surface area contributed by atoms with Crippen LogP contribution in [0.5, 0.6) is 0 Å². The summed E-state index contributed by atoms with van der Waals surface area (Å²) in [5.74, 6) is 7.49. The third kappa shape index (κ3) is 3.96. The molecule has 0 radical (unpaired) electrons. The zero-order chi connectivity index (χ0) is 28.7. The molecule has 38 heavy (non-hydrogen) atoms. The Kier molecular flexibility index (Phi) is 6.56. The lowest BCUT2D eigenvalue weighted by Crippen LogP contribution is -2.52. The van der Waals surface area contributed by atoms with E-state index in [0.29, 0.717) is 5.92 Å².